The van der Waals surface area contributed by atoms with Gasteiger partial charge in [-0.15, -0.1) is 0 Å². The van der Waals surface area contributed by atoms with Crippen molar-refractivity contribution in [2.75, 3.05) is 30.1 Å². The number of pyridine rings is 1. The first kappa shape index (κ1) is 27.5. The Morgan fingerprint density at radius 1 is 0.975 bits per heavy atom. The summed E-state index contributed by atoms with van der Waals surface area (Å²) >= 11 is 5.89. The number of hydrogen-bond acceptors (Lipinski definition) is 6. The zero-order valence-electron chi connectivity index (χ0n) is 22.9. The molecular weight excluding hydrogens is 546 g/mol. The minimum absolute atomic E-state index is 0.263. The van der Waals surface area contributed by atoms with Crippen molar-refractivity contribution in [3.63, 3.8) is 0 Å². The Bertz CT molecular complexity index is 1670. The summed E-state index contributed by atoms with van der Waals surface area (Å²) in [7, 11) is -0.396. The van der Waals surface area contributed by atoms with Gasteiger partial charge in [0.05, 0.1) is 43.9 Å². The van der Waals surface area contributed by atoms with Gasteiger partial charge in [0.1, 0.15) is 11.5 Å². The second kappa shape index (κ2) is 10.8. The van der Waals surface area contributed by atoms with E-state index in [0.717, 1.165) is 40.3 Å². The number of nitrogens with zero attached hydrogens (tertiary/aromatic N) is 3. The van der Waals surface area contributed by atoms with Crippen molar-refractivity contribution in [2.24, 2.45) is 0 Å². The van der Waals surface area contributed by atoms with Crippen molar-refractivity contribution in [1.82, 2.24) is 14.9 Å². The summed E-state index contributed by atoms with van der Waals surface area (Å²) in [5.41, 5.74) is 6.00. The van der Waals surface area contributed by atoms with Crippen molar-refractivity contribution in [3.05, 3.63) is 95.6 Å². The summed E-state index contributed by atoms with van der Waals surface area (Å²) < 4.78 is 39.9. The van der Waals surface area contributed by atoms with E-state index in [9.17, 15) is 8.42 Å². The van der Waals surface area contributed by atoms with Crippen LogP contribution in [0, 0.1) is 13.8 Å². The van der Waals surface area contributed by atoms with E-state index in [1.165, 1.54) is 7.11 Å². The van der Waals surface area contributed by atoms with Gasteiger partial charge in [-0.2, -0.15) is 0 Å². The highest BCUT2D eigenvalue weighted by Crippen LogP contribution is 2.45. The average Bonchev–Trinajstić information content (AvgIpc) is 3.43. The number of benzene rings is 2. The SMILES string of the molecule is COc1cccc(-n2c(C)cc([C@H]3[C@@H](c4ccccn4)NC(=S)N3c3ccc(OC)c(NS(C)(=O)=O)c3)c2C)c1. The lowest BCUT2D eigenvalue weighted by atomic mass is 9.96. The number of nitrogens with one attached hydrogen (secondary N) is 2. The first-order valence-electron chi connectivity index (χ1n) is 12.6. The number of aromatic nitrogens is 2. The molecule has 0 spiro atoms. The summed E-state index contributed by atoms with van der Waals surface area (Å²) in [4.78, 5) is 6.66. The van der Waals surface area contributed by atoms with Gasteiger partial charge in [-0.05, 0) is 80.2 Å². The third kappa shape index (κ3) is 5.22. The second-order valence-electron chi connectivity index (χ2n) is 9.62. The molecule has 5 rings (SSSR count). The molecule has 0 aliphatic carbocycles. The number of sulfonamides is 1. The molecule has 2 atom stereocenters. The molecule has 1 aliphatic rings. The Kier molecular flexibility index (Phi) is 7.43. The molecule has 208 valence electrons. The van der Waals surface area contributed by atoms with Crippen LogP contribution in [0.15, 0.2) is 72.9 Å². The van der Waals surface area contributed by atoms with Crippen LogP contribution in [0.25, 0.3) is 5.69 Å². The van der Waals surface area contributed by atoms with Crippen molar-refractivity contribution < 1.29 is 17.9 Å². The summed E-state index contributed by atoms with van der Waals surface area (Å²) in [6.07, 6.45) is 2.87. The van der Waals surface area contributed by atoms with Crippen molar-refractivity contribution in [2.45, 2.75) is 25.9 Å². The Hall–Kier alpha value is -4.09. The van der Waals surface area contributed by atoms with Crippen LogP contribution in [0.4, 0.5) is 11.4 Å². The molecule has 1 aliphatic heterocycles. The number of ether oxygens (including phenoxy) is 2. The fourth-order valence-electron chi connectivity index (χ4n) is 5.31. The summed E-state index contributed by atoms with van der Waals surface area (Å²) in [6.45, 7) is 4.15. The minimum Gasteiger partial charge on any atom is -0.497 e. The molecule has 1 saturated heterocycles. The van der Waals surface area contributed by atoms with E-state index in [4.69, 9.17) is 21.7 Å². The Morgan fingerprint density at radius 2 is 1.77 bits per heavy atom. The Morgan fingerprint density at radius 3 is 2.45 bits per heavy atom. The highest BCUT2D eigenvalue weighted by atomic mass is 32.2. The van der Waals surface area contributed by atoms with Gasteiger partial charge in [-0.25, -0.2) is 8.42 Å². The van der Waals surface area contributed by atoms with E-state index in [1.54, 1.807) is 25.4 Å². The van der Waals surface area contributed by atoms with Crippen molar-refractivity contribution in [1.29, 1.82) is 0 Å². The summed E-state index contributed by atoms with van der Waals surface area (Å²) in [6, 6.07) is 20.7. The Labute approximate surface area is 239 Å². The highest BCUT2D eigenvalue weighted by Gasteiger charge is 2.42. The number of thiocarbonyl (C=S) groups is 1. The predicted molar refractivity (Wildman–Crippen MR) is 161 cm³/mol. The Balaban J connectivity index is 1.68. The smallest absolute Gasteiger partial charge is 0.229 e. The minimum atomic E-state index is -3.55. The first-order chi connectivity index (χ1) is 19.1. The van der Waals surface area contributed by atoms with E-state index >= 15 is 0 Å². The lowest BCUT2D eigenvalue weighted by Gasteiger charge is -2.29. The predicted octanol–water partition coefficient (Wildman–Crippen LogP) is 5.05. The molecular formula is C29H31N5O4S2. The molecule has 2 aromatic carbocycles. The maximum absolute atomic E-state index is 12.1. The fourth-order valence-corrected chi connectivity index (χ4v) is 6.21. The van der Waals surface area contributed by atoms with Gasteiger partial charge in [0.15, 0.2) is 5.11 Å². The van der Waals surface area contributed by atoms with Gasteiger partial charge in [0, 0.05) is 35.0 Å². The van der Waals surface area contributed by atoms with E-state index in [0.29, 0.717) is 22.2 Å². The van der Waals surface area contributed by atoms with Crippen LogP contribution >= 0.6 is 12.2 Å². The van der Waals surface area contributed by atoms with Crippen molar-refractivity contribution >= 4 is 38.7 Å². The maximum atomic E-state index is 12.1. The fraction of sp³-hybridized carbons (Fsp3) is 0.241. The van der Waals surface area contributed by atoms with Gasteiger partial charge in [-0.1, -0.05) is 12.1 Å². The van der Waals surface area contributed by atoms with E-state index in [-0.39, 0.29) is 12.1 Å². The first-order valence-corrected chi connectivity index (χ1v) is 14.9. The lowest BCUT2D eigenvalue weighted by Crippen LogP contribution is -2.29. The van der Waals surface area contributed by atoms with E-state index in [2.05, 4.69) is 39.5 Å². The number of aryl methyl sites for hydroxylation is 1. The van der Waals surface area contributed by atoms with Gasteiger partial charge < -0.3 is 24.3 Å². The molecule has 9 nitrogen and oxygen atoms in total. The lowest BCUT2D eigenvalue weighted by molar-refractivity contribution is 0.414. The van der Waals surface area contributed by atoms with E-state index < -0.39 is 10.0 Å². The van der Waals surface area contributed by atoms with Crippen LogP contribution < -0.4 is 24.4 Å². The monoisotopic (exact) mass is 577 g/mol. The van der Waals surface area contributed by atoms with Gasteiger partial charge in [0.25, 0.3) is 0 Å². The van der Waals surface area contributed by atoms with Crippen LogP contribution in [0.3, 0.4) is 0 Å². The average molecular weight is 578 g/mol. The quantitative estimate of drug-likeness (QED) is 0.281. The topological polar surface area (TPSA) is 97.7 Å². The van der Waals surface area contributed by atoms with Crippen LogP contribution in [0.1, 0.15) is 34.7 Å². The molecule has 4 aromatic rings. The number of methoxy groups -OCH3 is 2. The molecule has 0 amide bonds. The van der Waals surface area contributed by atoms with Gasteiger partial charge in [0.2, 0.25) is 10.0 Å². The number of hydrogen-bond donors (Lipinski definition) is 2. The number of anilines is 2. The van der Waals surface area contributed by atoms with Crippen LogP contribution in [-0.4, -0.2) is 43.6 Å². The molecule has 40 heavy (non-hydrogen) atoms. The normalized spacial score (nSPS) is 17.0. The van der Waals surface area contributed by atoms with Gasteiger partial charge >= 0.3 is 0 Å². The largest absolute Gasteiger partial charge is 0.497 e. The number of rotatable bonds is 8. The third-order valence-corrected chi connectivity index (χ3v) is 7.86. The second-order valence-corrected chi connectivity index (χ2v) is 11.8. The van der Waals surface area contributed by atoms with Crippen molar-refractivity contribution in [3.8, 4) is 17.2 Å². The molecule has 1 fully saturated rings. The third-order valence-electron chi connectivity index (χ3n) is 6.96. The highest BCUT2D eigenvalue weighted by molar-refractivity contribution is 7.92. The molecule has 0 bridgehead atoms. The zero-order chi connectivity index (χ0) is 28.6. The van der Waals surface area contributed by atoms with Crippen LogP contribution in [0.2, 0.25) is 0 Å². The zero-order valence-corrected chi connectivity index (χ0v) is 24.5. The van der Waals surface area contributed by atoms with Gasteiger partial charge in [-0.3, -0.25) is 9.71 Å². The molecule has 3 heterocycles. The van der Waals surface area contributed by atoms with Crippen LogP contribution in [0.5, 0.6) is 11.5 Å². The summed E-state index contributed by atoms with van der Waals surface area (Å²) in [5, 5.41) is 3.98. The maximum Gasteiger partial charge on any atom is 0.229 e. The van der Waals surface area contributed by atoms with Crippen LogP contribution in [-0.2, 0) is 10.0 Å². The molecule has 11 heteroatoms. The molecule has 2 N–H and O–H groups in total. The molecule has 0 unspecified atom stereocenters. The standard InChI is InChI=1S/C29H31N5O4S2/c1-18-15-23(19(2)33(18)20-9-8-10-22(16-20)37-3)28-27(24-11-6-7-14-30-24)31-29(39)34(28)21-12-13-26(38-4)25(17-21)32-40(5,35)36/h6-17,27-28,32H,1-5H3,(H,31,39)/t27-,28+/m1/s1. The van der Waals surface area contributed by atoms with E-state index in [1.807, 2.05) is 53.4 Å². The summed E-state index contributed by atoms with van der Waals surface area (Å²) in [5.74, 6) is 1.17. The molecule has 2 aromatic heterocycles. The molecule has 0 saturated carbocycles. The molecule has 0 radical (unpaired) electrons.